The molecule has 2 amide bonds. The molecule has 1 unspecified atom stereocenters. The van der Waals surface area contributed by atoms with Crippen molar-refractivity contribution < 1.29 is 14.3 Å². The fraction of sp³-hybridized carbons (Fsp3) is 0.238. The quantitative estimate of drug-likeness (QED) is 0.619. The Bertz CT molecular complexity index is 854. The Labute approximate surface area is 168 Å². The van der Waals surface area contributed by atoms with Crippen LogP contribution in [0.5, 0.6) is 0 Å². The number of cyclic esters (lactones) is 1. The number of carbonyl (C=O) groups excluding carboxylic acids is 2. The monoisotopic (exact) mass is 403 g/mol. The van der Waals surface area contributed by atoms with Crippen LogP contribution in [0.4, 0.5) is 4.79 Å². The molecule has 1 saturated heterocycles. The zero-order valence-electron chi connectivity index (χ0n) is 14.6. The Morgan fingerprint density at radius 2 is 1.96 bits per heavy atom. The van der Waals surface area contributed by atoms with Gasteiger partial charge in [0.1, 0.15) is 6.61 Å². The molecule has 0 radical (unpaired) electrons. The van der Waals surface area contributed by atoms with Crippen LogP contribution in [-0.4, -0.2) is 29.5 Å². The predicted molar refractivity (Wildman–Crippen MR) is 106 cm³/mol. The number of allylic oxidation sites excluding steroid dienone is 1. The van der Waals surface area contributed by atoms with Crippen molar-refractivity contribution in [3.63, 3.8) is 0 Å². The molecule has 3 rings (SSSR count). The number of ether oxygens (including phenoxy) is 1. The van der Waals surface area contributed by atoms with Crippen molar-refractivity contribution in [3.8, 4) is 0 Å². The summed E-state index contributed by atoms with van der Waals surface area (Å²) in [5, 5.41) is 0.772. The molecule has 1 heterocycles. The molecule has 0 aromatic heterocycles. The summed E-state index contributed by atoms with van der Waals surface area (Å²) in [5.74, 6) is -0.905. The summed E-state index contributed by atoms with van der Waals surface area (Å²) in [6.07, 6.45) is 1.95. The zero-order chi connectivity index (χ0) is 19.4. The highest BCUT2D eigenvalue weighted by Crippen LogP contribution is 2.31. The van der Waals surface area contributed by atoms with Crippen LogP contribution in [0.3, 0.4) is 0 Å². The molecule has 27 heavy (non-hydrogen) atoms. The van der Waals surface area contributed by atoms with Gasteiger partial charge < -0.3 is 4.74 Å². The number of hydrogen-bond acceptors (Lipinski definition) is 3. The van der Waals surface area contributed by atoms with E-state index in [1.807, 2.05) is 30.3 Å². The average molecular weight is 404 g/mol. The minimum atomic E-state index is -0.616. The van der Waals surface area contributed by atoms with Crippen molar-refractivity contribution in [2.75, 3.05) is 6.61 Å². The van der Waals surface area contributed by atoms with E-state index in [2.05, 4.69) is 6.58 Å². The average Bonchev–Trinajstić information content (AvgIpc) is 3.02. The fourth-order valence-corrected chi connectivity index (χ4v) is 3.52. The van der Waals surface area contributed by atoms with Crippen LogP contribution in [-0.2, 0) is 16.0 Å². The third-order valence-electron chi connectivity index (χ3n) is 4.56. The number of benzene rings is 2. The SMILES string of the molecule is C=CCC(C(=O)N1C(=O)OC[C@@H]1Cc1ccccc1)c1ccc(Cl)c(Cl)c1. The second-order valence-corrected chi connectivity index (χ2v) is 7.19. The lowest BCUT2D eigenvalue weighted by atomic mass is 9.93. The first-order valence-corrected chi connectivity index (χ1v) is 9.36. The number of hydrogen-bond donors (Lipinski definition) is 0. The van der Waals surface area contributed by atoms with E-state index in [9.17, 15) is 9.59 Å². The van der Waals surface area contributed by atoms with Crippen LogP contribution in [0.1, 0.15) is 23.5 Å². The van der Waals surface area contributed by atoms with Gasteiger partial charge in [0.2, 0.25) is 5.91 Å². The molecule has 0 saturated carbocycles. The van der Waals surface area contributed by atoms with E-state index in [1.165, 1.54) is 4.90 Å². The molecular weight excluding hydrogens is 385 g/mol. The van der Waals surface area contributed by atoms with Crippen molar-refractivity contribution >= 4 is 35.2 Å². The Balaban J connectivity index is 1.87. The van der Waals surface area contributed by atoms with Gasteiger partial charge >= 0.3 is 6.09 Å². The molecule has 1 aliphatic heterocycles. The summed E-state index contributed by atoms with van der Waals surface area (Å²) in [4.78, 5) is 26.8. The summed E-state index contributed by atoms with van der Waals surface area (Å²) in [6.45, 7) is 3.92. The molecule has 2 aromatic rings. The summed E-state index contributed by atoms with van der Waals surface area (Å²) in [7, 11) is 0. The van der Waals surface area contributed by atoms with Gasteiger partial charge in [-0.25, -0.2) is 9.69 Å². The highest BCUT2D eigenvalue weighted by Gasteiger charge is 2.40. The molecule has 140 valence electrons. The maximum absolute atomic E-state index is 13.2. The molecule has 2 atom stereocenters. The number of imide groups is 1. The van der Waals surface area contributed by atoms with E-state index in [4.69, 9.17) is 27.9 Å². The minimum absolute atomic E-state index is 0.182. The van der Waals surface area contributed by atoms with Crippen LogP contribution in [0.15, 0.2) is 61.2 Å². The molecule has 1 fully saturated rings. The van der Waals surface area contributed by atoms with Gasteiger partial charge in [-0.05, 0) is 36.1 Å². The van der Waals surface area contributed by atoms with Crippen molar-refractivity contribution in [2.45, 2.75) is 24.8 Å². The van der Waals surface area contributed by atoms with Crippen LogP contribution in [0, 0.1) is 0 Å². The minimum Gasteiger partial charge on any atom is -0.447 e. The molecule has 0 aliphatic carbocycles. The van der Waals surface area contributed by atoms with E-state index < -0.39 is 12.0 Å². The smallest absolute Gasteiger partial charge is 0.417 e. The topological polar surface area (TPSA) is 46.6 Å². The predicted octanol–water partition coefficient (Wildman–Crippen LogP) is 5.24. The first-order chi connectivity index (χ1) is 13.0. The first kappa shape index (κ1) is 19.5. The lowest BCUT2D eigenvalue weighted by Crippen LogP contribution is -2.42. The largest absolute Gasteiger partial charge is 0.447 e. The standard InChI is InChI=1S/C21H19Cl2NO3/c1-2-6-17(15-9-10-18(22)19(23)12-15)20(25)24-16(13-27-21(24)26)11-14-7-4-3-5-8-14/h2-5,7-10,12,16-17H,1,6,11,13H2/t16-,17?/m0/s1. The molecule has 0 N–H and O–H groups in total. The molecule has 2 aromatic carbocycles. The fourth-order valence-electron chi connectivity index (χ4n) is 3.21. The van der Waals surface area contributed by atoms with Gasteiger partial charge in [0.05, 0.1) is 22.0 Å². The zero-order valence-corrected chi connectivity index (χ0v) is 16.1. The van der Waals surface area contributed by atoms with Gasteiger partial charge in [0.25, 0.3) is 0 Å². The molecule has 0 bridgehead atoms. The molecule has 6 heteroatoms. The van der Waals surface area contributed by atoms with Gasteiger partial charge in [-0.2, -0.15) is 0 Å². The van der Waals surface area contributed by atoms with Crippen molar-refractivity contribution in [3.05, 3.63) is 82.4 Å². The van der Waals surface area contributed by atoms with E-state index in [-0.39, 0.29) is 18.6 Å². The molecule has 1 aliphatic rings. The lowest BCUT2D eigenvalue weighted by molar-refractivity contribution is -0.130. The van der Waals surface area contributed by atoms with Crippen molar-refractivity contribution in [1.82, 2.24) is 4.90 Å². The number of nitrogens with zero attached hydrogens (tertiary/aromatic N) is 1. The van der Waals surface area contributed by atoms with Crippen LogP contribution in [0.25, 0.3) is 0 Å². The third kappa shape index (κ3) is 4.34. The van der Waals surface area contributed by atoms with Crippen molar-refractivity contribution in [1.29, 1.82) is 0 Å². The highest BCUT2D eigenvalue weighted by atomic mass is 35.5. The van der Waals surface area contributed by atoms with E-state index in [0.29, 0.717) is 28.5 Å². The summed E-state index contributed by atoms with van der Waals surface area (Å²) in [6, 6.07) is 14.4. The number of rotatable bonds is 6. The third-order valence-corrected chi connectivity index (χ3v) is 5.30. The van der Waals surface area contributed by atoms with Gasteiger partial charge in [-0.3, -0.25) is 4.79 Å². The molecular formula is C21H19Cl2NO3. The second kappa shape index (κ2) is 8.59. The van der Waals surface area contributed by atoms with Crippen molar-refractivity contribution in [2.24, 2.45) is 0 Å². The lowest BCUT2D eigenvalue weighted by Gasteiger charge is -2.25. The van der Waals surface area contributed by atoms with E-state index in [0.717, 1.165) is 5.56 Å². The normalized spacial score (nSPS) is 17.5. The highest BCUT2D eigenvalue weighted by molar-refractivity contribution is 6.42. The maximum Gasteiger partial charge on any atom is 0.417 e. The molecule has 4 nitrogen and oxygen atoms in total. The van der Waals surface area contributed by atoms with Gasteiger partial charge in [-0.15, -0.1) is 6.58 Å². The Hall–Kier alpha value is -2.30. The van der Waals surface area contributed by atoms with Crippen LogP contribution < -0.4 is 0 Å². The summed E-state index contributed by atoms with van der Waals surface area (Å²) in [5.41, 5.74) is 1.72. The Morgan fingerprint density at radius 1 is 1.22 bits per heavy atom. The summed E-state index contributed by atoms with van der Waals surface area (Å²) >= 11 is 12.1. The van der Waals surface area contributed by atoms with E-state index in [1.54, 1.807) is 24.3 Å². The first-order valence-electron chi connectivity index (χ1n) is 8.61. The van der Waals surface area contributed by atoms with Gasteiger partial charge in [-0.1, -0.05) is 65.7 Å². The van der Waals surface area contributed by atoms with Gasteiger partial charge in [0.15, 0.2) is 0 Å². The summed E-state index contributed by atoms with van der Waals surface area (Å²) < 4.78 is 5.17. The Morgan fingerprint density at radius 3 is 2.63 bits per heavy atom. The Kier molecular flexibility index (Phi) is 6.19. The van der Waals surface area contributed by atoms with E-state index >= 15 is 0 Å². The second-order valence-electron chi connectivity index (χ2n) is 6.38. The maximum atomic E-state index is 13.2. The van der Waals surface area contributed by atoms with Crippen LogP contribution in [0.2, 0.25) is 10.0 Å². The van der Waals surface area contributed by atoms with Crippen LogP contribution >= 0.6 is 23.2 Å². The molecule has 0 spiro atoms. The van der Waals surface area contributed by atoms with Gasteiger partial charge in [0, 0.05) is 0 Å². The number of amides is 2. The number of carbonyl (C=O) groups is 2. The number of halogens is 2.